The molecule has 13 nitrogen and oxygen atoms in total. The summed E-state index contributed by atoms with van der Waals surface area (Å²) in [5.74, 6) is 0.532. The Morgan fingerprint density at radius 3 is 2.28 bits per heavy atom. The quantitative estimate of drug-likeness (QED) is 0.332. The number of aromatic nitrogens is 1. The van der Waals surface area contributed by atoms with Crippen molar-refractivity contribution < 1.29 is 27.5 Å². The van der Waals surface area contributed by atoms with Gasteiger partial charge in [-0.15, -0.1) is 0 Å². The predicted molar refractivity (Wildman–Crippen MR) is 219 cm³/mol. The Morgan fingerprint density at radius 1 is 0.912 bits per heavy atom. The van der Waals surface area contributed by atoms with Crippen LogP contribution in [0.2, 0.25) is 0 Å². The van der Waals surface area contributed by atoms with E-state index in [9.17, 15) is 18.0 Å². The lowest BCUT2D eigenvalue weighted by Crippen LogP contribution is -2.60. The number of urea groups is 1. The van der Waals surface area contributed by atoms with Crippen LogP contribution in [-0.4, -0.2) is 133 Å². The van der Waals surface area contributed by atoms with Crippen LogP contribution in [0.4, 0.5) is 4.79 Å². The largest absolute Gasteiger partial charge is 0.497 e. The number of amides is 4. The molecule has 3 saturated heterocycles. The van der Waals surface area contributed by atoms with E-state index in [0.717, 1.165) is 72.0 Å². The monoisotopic (exact) mass is 799 g/mol. The fourth-order valence-electron chi connectivity index (χ4n) is 11.0. The summed E-state index contributed by atoms with van der Waals surface area (Å²) >= 11 is 0. The van der Waals surface area contributed by atoms with Gasteiger partial charge in [0.2, 0.25) is 5.91 Å². The average Bonchev–Trinajstić information content (AvgIpc) is 3.81. The van der Waals surface area contributed by atoms with Crippen molar-refractivity contribution in [1.82, 2.24) is 33.2 Å². The van der Waals surface area contributed by atoms with Crippen LogP contribution >= 0.6 is 0 Å². The van der Waals surface area contributed by atoms with Crippen LogP contribution in [0.15, 0.2) is 36.4 Å². The van der Waals surface area contributed by atoms with Crippen LogP contribution in [0.1, 0.15) is 98.5 Å². The molecule has 4 aliphatic heterocycles. The Bertz CT molecular complexity index is 2190. The van der Waals surface area contributed by atoms with E-state index in [2.05, 4.69) is 36.1 Å². The maximum Gasteiger partial charge on any atom is 0.320 e. The summed E-state index contributed by atoms with van der Waals surface area (Å²) in [6, 6.07) is 12.0. The van der Waals surface area contributed by atoms with E-state index in [-0.39, 0.29) is 35.5 Å². The third kappa shape index (κ3) is 6.41. The van der Waals surface area contributed by atoms with Gasteiger partial charge in [0.1, 0.15) is 5.75 Å². The molecule has 2 aromatic carbocycles. The highest BCUT2D eigenvalue weighted by molar-refractivity contribution is 7.87. The van der Waals surface area contributed by atoms with Gasteiger partial charge in [0.25, 0.3) is 5.91 Å². The average molecular weight is 800 g/mol. The molecule has 4 atom stereocenters. The van der Waals surface area contributed by atoms with E-state index in [1.807, 2.05) is 44.0 Å². The first kappa shape index (κ1) is 38.4. The number of fused-ring (bicyclic) bond motifs is 9. The Hall–Kier alpha value is -4.14. The number of rotatable bonds is 8. The first-order valence-electron chi connectivity index (χ1n) is 21.2. The predicted octanol–water partition coefficient (Wildman–Crippen LogP) is 5.21. The summed E-state index contributed by atoms with van der Waals surface area (Å²) in [4.78, 5) is 50.8. The van der Waals surface area contributed by atoms with Gasteiger partial charge in [-0.05, 0) is 100 Å². The molecule has 1 aromatic heterocycles. The van der Waals surface area contributed by atoms with Crippen molar-refractivity contribution in [3.63, 3.8) is 0 Å². The second kappa shape index (κ2) is 14.6. The molecular weight excluding hydrogens is 743 g/mol. The number of hydrogen-bond acceptors (Lipinski definition) is 7. The van der Waals surface area contributed by atoms with E-state index in [1.54, 1.807) is 13.2 Å². The zero-order chi connectivity index (χ0) is 39.8. The van der Waals surface area contributed by atoms with Crippen LogP contribution in [0.5, 0.6) is 5.75 Å². The molecule has 9 rings (SSSR count). The van der Waals surface area contributed by atoms with Crippen molar-refractivity contribution in [3.05, 3.63) is 53.1 Å². The van der Waals surface area contributed by atoms with Crippen LogP contribution in [0.3, 0.4) is 0 Å². The molecule has 4 amide bonds. The van der Waals surface area contributed by atoms with Gasteiger partial charge in [-0.3, -0.25) is 9.59 Å². The summed E-state index contributed by atoms with van der Waals surface area (Å²) in [7, 11) is -0.400. The minimum absolute atomic E-state index is 0.00312. The van der Waals surface area contributed by atoms with Gasteiger partial charge < -0.3 is 28.9 Å². The second-order valence-corrected chi connectivity index (χ2v) is 19.0. The maximum absolute atomic E-state index is 15.3. The number of carbonyl (C=O) groups excluding carboxylic acids is 3. The third-order valence-corrected chi connectivity index (χ3v) is 15.7. The van der Waals surface area contributed by atoms with Gasteiger partial charge >= 0.3 is 16.2 Å². The summed E-state index contributed by atoms with van der Waals surface area (Å²) in [6.07, 6.45) is 8.11. The number of methoxy groups -OCH3 is 1. The Kier molecular flexibility index (Phi) is 9.83. The minimum atomic E-state index is -4.04. The number of benzene rings is 2. The molecule has 2 aliphatic carbocycles. The topological polar surface area (TPSA) is 128 Å². The van der Waals surface area contributed by atoms with E-state index in [4.69, 9.17) is 4.74 Å². The lowest BCUT2D eigenvalue weighted by atomic mass is 9.81. The molecule has 1 N–H and O–H groups in total. The van der Waals surface area contributed by atoms with E-state index >= 15 is 4.79 Å². The normalized spacial score (nSPS) is 26.4. The summed E-state index contributed by atoms with van der Waals surface area (Å²) < 4.78 is 38.6. The number of nitrogens with zero attached hydrogens (tertiary/aromatic N) is 6. The van der Waals surface area contributed by atoms with Crippen LogP contribution in [0.25, 0.3) is 22.2 Å². The molecule has 2 saturated carbocycles. The highest BCUT2D eigenvalue weighted by atomic mass is 32.2. The number of likely N-dealkylation sites (N-methyl/N-ethyl adjacent to an activating group) is 1. The van der Waals surface area contributed by atoms with Crippen molar-refractivity contribution in [2.75, 3.05) is 66.5 Å². The molecular formula is C43H57N7O6S. The zero-order valence-corrected chi connectivity index (χ0v) is 34.7. The number of nitrogens with one attached hydrogen (secondary N) is 1. The SMILES string of the molecule is CCN(CC)C(=O)N1C2CCC1CN(C(=O)C13CC1c1cc(OC)ccc1-c1c(C4CCCCC4)c4ccc(C(=O)NS(=O)(=O)N5CCN(C)CC5)cc4n1C3)C2. The Balaban J connectivity index is 1.12. The first-order chi connectivity index (χ1) is 27.5. The molecule has 3 aromatic rings. The number of likely N-dealkylation sites (tertiary alicyclic amines) is 1. The van der Waals surface area contributed by atoms with Crippen molar-refractivity contribution >= 4 is 39.0 Å². The van der Waals surface area contributed by atoms with Gasteiger partial charge in [0, 0.05) is 86.9 Å². The van der Waals surface area contributed by atoms with Gasteiger partial charge in [0.05, 0.1) is 30.3 Å². The van der Waals surface area contributed by atoms with Crippen molar-refractivity contribution in [1.29, 1.82) is 0 Å². The molecule has 0 radical (unpaired) electrons. The Labute approximate surface area is 336 Å². The first-order valence-corrected chi connectivity index (χ1v) is 22.6. The van der Waals surface area contributed by atoms with E-state index < -0.39 is 21.5 Å². The van der Waals surface area contributed by atoms with Gasteiger partial charge in [-0.25, -0.2) is 9.52 Å². The van der Waals surface area contributed by atoms with Crippen LogP contribution in [-0.2, 0) is 21.5 Å². The molecule has 5 fully saturated rings. The smallest absolute Gasteiger partial charge is 0.320 e. The number of ether oxygens (including phenoxy) is 1. The van der Waals surface area contributed by atoms with E-state index in [0.29, 0.717) is 71.2 Å². The lowest BCUT2D eigenvalue weighted by Gasteiger charge is -2.44. The maximum atomic E-state index is 15.3. The van der Waals surface area contributed by atoms with Gasteiger partial charge in [0.15, 0.2) is 0 Å². The molecule has 0 spiro atoms. The highest BCUT2D eigenvalue weighted by Crippen LogP contribution is 2.66. The van der Waals surface area contributed by atoms with Crippen molar-refractivity contribution in [2.45, 2.75) is 95.7 Å². The van der Waals surface area contributed by atoms with Crippen LogP contribution < -0.4 is 9.46 Å². The Morgan fingerprint density at radius 2 is 1.61 bits per heavy atom. The zero-order valence-electron chi connectivity index (χ0n) is 33.8. The third-order valence-electron chi connectivity index (χ3n) is 14.3. The molecule has 5 heterocycles. The fraction of sp³-hybridized carbons (Fsp3) is 0.605. The van der Waals surface area contributed by atoms with Gasteiger partial charge in [-0.1, -0.05) is 25.3 Å². The van der Waals surface area contributed by atoms with Crippen molar-refractivity contribution in [2.24, 2.45) is 5.41 Å². The fourth-order valence-corrected chi connectivity index (χ4v) is 12.2. The van der Waals surface area contributed by atoms with E-state index in [1.165, 1.54) is 16.3 Å². The van der Waals surface area contributed by atoms with Crippen molar-refractivity contribution in [3.8, 4) is 17.0 Å². The van der Waals surface area contributed by atoms with Gasteiger partial charge in [-0.2, -0.15) is 12.7 Å². The minimum Gasteiger partial charge on any atom is -0.497 e. The molecule has 2 bridgehead atoms. The number of hydrogen-bond donors (Lipinski definition) is 1. The molecule has 306 valence electrons. The number of piperazine rings is 2. The number of carbonyl (C=O) groups is 3. The second-order valence-electron chi connectivity index (χ2n) is 17.4. The standard InChI is InChI=1S/C43H57N7O6S/c1-5-46(6-2)42(53)50-30-13-14-31(50)26-47(25-30)41(52)43-24-36(43)35-23-32(56-4)15-17-33(35)39-38(28-10-8-7-9-11-28)34-16-12-29(22-37(34)49(39)27-43)40(51)44-57(54,55)48-20-18-45(3)19-21-48/h12,15-17,22-23,28,30-31,36H,5-11,13-14,18-21,24-27H2,1-4H3,(H,44,51). The lowest BCUT2D eigenvalue weighted by molar-refractivity contribution is -0.140. The molecule has 14 heteroatoms. The molecule has 6 aliphatic rings. The summed E-state index contributed by atoms with van der Waals surface area (Å²) in [5, 5.41) is 1.06. The summed E-state index contributed by atoms with van der Waals surface area (Å²) in [5.41, 5.74) is 5.00. The highest BCUT2D eigenvalue weighted by Gasteiger charge is 2.64. The van der Waals surface area contributed by atoms with Crippen LogP contribution in [0, 0.1) is 5.41 Å². The molecule has 4 unspecified atom stereocenters. The molecule has 57 heavy (non-hydrogen) atoms. The summed E-state index contributed by atoms with van der Waals surface area (Å²) in [6.45, 7) is 8.69.